The molecule has 2 aliphatic heterocycles. The molecule has 0 aromatic heterocycles. The highest BCUT2D eigenvalue weighted by Crippen LogP contribution is 2.44. The number of rotatable bonds is 5. The highest BCUT2D eigenvalue weighted by atomic mass is 35.5. The highest BCUT2D eigenvalue weighted by molar-refractivity contribution is 6.30. The lowest BCUT2D eigenvalue weighted by Gasteiger charge is -2.30. The number of carbonyl (C=O) groups is 2. The van der Waals surface area contributed by atoms with Crippen molar-refractivity contribution in [2.75, 3.05) is 18.4 Å². The Labute approximate surface area is 182 Å². The first-order chi connectivity index (χ1) is 14.6. The van der Waals surface area contributed by atoms with Crippen molar-refractivity contribution in [3.05, 3.63) is 75.8 Å². The minimum absolute atomic E-state index is 0.104. The van der Waals surface area contributed by atoms with Crippen LogP contribution in [0.2, 0.25) is 5.02 Å². The molecule has 0 bridgehead atoms. The number of hydrogen-bond acceptors (Lipinski definition) is 3. The largest absolute Gasteiger partial charge is 0.351 e. The molecule has 0 saturated carbocycles. The van der Waals surface area contributed by atoms with E-state index in [0.717, 1.165) is 6.92 Å². The molecular weight excluding hydrogens is 426 g/mol. The molecule has 0 fully saturated rings. The van der Waals surface area contributed by atoms with Crippen LogP contribution in [0.1, 0.15) is 24.1 Å². The van der Waals surface area contributed by atoms with E-state index in [1.165, 1.54) is 4.90 Å². The van der Waals surface area contributed by atoms with Crippen molar-refractivity contribution in [1.29, 1.82) is 0 Å². The average Bonchev–Trinajstić information content (AvgIpc) is 3.21. The molecule has 0 spiro atoms. The first-order valence-electron chi connectivity index (χ1n) is 9.53. The lowest BCUT2D eigenvalue weighted by Crippen LogP contribution is -2.40. The van der Waals surface area contributed by atoms with Gasteiger partial charge in [-0.25, -0.2) is 13.6 Å². The van der Waals surface area contributed by atoms with Gasteiger partial charge in [0.05, 0.1) is 24.8 Å². The Hall–Kier alpha value is -3.26. The summed E-state index contributed by atoms with van der Waals surface area (Å²) in [5.41, 5.74) is 8.48. The third-order valence-corrected chi connectivity index (χ3v) is 5.37. The van der Waals surface area contributed by atoms with Crippen molar-refractivity contribution >= 4 is 34.9 Å². The minimum atomic E-state index is -3.07. The fourth-order valence-corrected chi connectivity index (χ4v) is 4.11. The van der Waals surface area contributed by atoms with Crippen LogP contribution in [0.4, 0.5) is 19.3 Å². The summed E-state index contributed by atoms with van der Waals surface area (Å²) in [5.74, 6) is -3.52. The van der Waals surface area contributed by atoms with Crippen molar-refractivity contribution in [2.24, 2.45) is 10.7 Å². The number of nitrogens with two attached hydrogens (primary N) is 1. The van der Waals surface area contributed by atoms with E-state index in [1.807, 2.05) is 0 Å². The summed E-state index contributed by atoms with van der Waals surface area (Å²) in [5, 5.41) is 3.00. The summed E-state index contributed by atoms with van der Waals surface area (Å²) in [7, 11) is 0. The van der Waals surface area contributed by atoms with Crippen molar-refractivity contribution in [3.8, 4) is 0 Å². The summed E-state index contributed by atoms with van der Waals surface area (Å²) in [6, 6.07) is 12.2. The number of nitrogens with one attached hydrogen (secondary N) is 1. The van der Waals surface area contributed by atoms with Gasteiger partial charge in [0.15, 0.2) is 0 Å². The molecule has 3 N–H and O–H groups in total. The number of alkyl halides is 2. The van der Waals surface area contributed by atoms with E-state index >= 15 is 0 Å². The predicted molar refractivity (Wildman–Crippen MR) is 115 cm³/mol. The van der Waals surface area contributed by atoms with E-state index in [2.05, 4.69) is 10.3 Å². The van der Waals surface area contributed by atoms with Gasteiger partial charge in [-0.2, -0.15) is 0 Å². The fraction of sp³-hybridized carbons (Fsp3) is 0.227. The van der Waals surface area contributed by atoms with Gasteiger partial charge in [-0.3, -0.25) is 9.79 Å². The summed E-state index contributed by atoms with van der Waals surface area (Å²) >= 11 is 6.00. The standard InChI is InChI=1S/C22H19ClF2N4O2/c1-22(24,25)11-29-19(12-5-7-14(23)8-6-12)17-16(20(29)30)10-27-18(17)13-3-2-4-15(9-13)28-21(26)31/h2-9,19H,10-11H2,1H3,(H3,26,28,31). The normalized spacial score (nSPS) is 18.3. The molecule has 9 heteroatoms. The fourth-order valence-electron chi connectivity index (χ4n) is 3.98. The summed E-state index contributed by atoms with van der Waals surface area (Å²) in [4.78, 5) is 30.0. The number of nitrogens with zero attached hydrogens (tertiary/aromatic N) is 2. The van der Waals surface area contributed by atoms with E-state index in [4.69, 9.17) is 17.3 Å². The van der Waals surface area contributed by atoms with Gasteiger partial charge in [-0.05, 0) is 29.8 Å². The van der Waals surface area contributed by atoms with Crippen LogP contribution in [0.15, 0.2) is 64.7 Å². The third kappa shape index (κ3) is 4.16. The molecule has 2 aromatic rings. The van der Waals surface area contributed by atoms with Crippen LogP contribution in [0.25, 0.3) is 0 Å². The zero-order chi connectivity index (χ0) is 22.3. The van der Waals surface area contributed by atoms with Crippen LogP contribution < -0.4 is 11.1 Å². The number of carbonyl (C=O) groups excluding carboxylic acids is 2. The van der Waals surface area contributed by atoms with E-state index in [0.29, 0.717) is 38.7 Å². The third-order valence-electron chi connectivity index (χ3n) is 5.12. The number of hydrogen-bond donors (Lipinski definition) is 2. The number of amides is 3. The Balaban J connectivity index is 1.79. The second-order valence-electron chi connectivity index (χ2n) is 7.58. The Morgan fingerprint density at radius 2 is 2.00 bits per heavy atom. The summed E-state index contributed by atoms with van der Waals surface area (Å²) in [6.45, 7) is 0.173. The second-order valence-corrected chi connectivity index (χ2v) is 8.02. The van der Waals surface area contributed by atoms with Crippen LogP contribution in [0.5, 0.6) is 0 Å². The minimum Gasteiger partial charge on any atom is -0.351 e. The lowest BCUT2D eigenvalue weighted by molar-refractivity contribution is -0.132. The topological polar surface area (TPSA) is 87.8 Å². The first-order valence-corrected chi connectivity index (χ1v) is 9.91. The molecule has 2 heterocycles. The van der Waals surface area contributed by atoms with Crippen LogP contribution in [0, 0.1) is 0 Å². The molecule has 1 atom stereocenters. The molecule has 4 rings (SSSR count). The number of halogens is 3. The average molecular weight is 445 g/mol. The molecule has 3 amide bonds. The van der Waals surface area contributed by atoms with Gasteiger partial charge in [0, 0.05) is 34.3 Å². The van der Waals surface area contributed by atoms with Gasteiger partial charge >= 0.3 is 6.03 Å². The molecule has 0 radical (unpaired) electrons. The van der Waals surface area contributed by atoms with Gasteiger partial charge in [0.1, 0.15) is 0 Å². The first kappa shape index (κ1) is 21.0. The van der Waals surface area contributed by atoms with Crippen molar-refractivity contribution in [3.63, 3.8) is 0 Å². The SMILES string of the molecule is CC(F)(F)CN1C(=O)C2=C(C(c3cccc(NC(N)=O)c3)=NC2)C1c1ccc(Cl)cc1. The maximum Gasteiger partial charge on any atom is 0.316 e. The Morgan fingerprint density at radius 3 is 2.65 bits per heavy atom. The number of aliphatic imine (C=N–C) groups is 1. The Morgan fingerprint density at radius 1 is 1.29 bits per heavy atom. The van der Waals surface area contributed by atoms with Gasteiger partial charge in [-0.15, -0.1) is 0 Å². The number of primary amides is 1. The second kappa shape index (κ2) is 7.77. The van der Waals surface area contributed by atoms with Crippen LogP contribution in [-0.2, 0) is 4.79 Å². The van der Waals surface area contributed by atoms with Crippen molar-refractivity contribution in [2.45, 2.75) is 18.9 Å². The molecule has 1 unspecified atom stereocenters. The van der Waals surface area contributed by atoms with E-state index in [9.17, 15) is 18.4 Å². The lowest BCUT2D eigenvalue weighted by atomic mass is 9.91. The summed E-state index contributed by atoms with van der Waals surface area (Å²) < 4.78 is 27.9. The smallest absolute Gasteiger partial charge is 0.316 e. The van der Waals surface area contributed by atoms with E-state index in [1.54, 1.807) is 48.5 Å². The van der Waals surface area contributed by atoms with Gasteiger partial charge in [0.25, 0.3) is 11.8 Å². The molecule has 6 nitrogen and oxygen atoms in total. The molecule has 2 aromatic carbocycles. The van der Waals surface area contributed by atoms with Gasteiger partial charge in [0.2, 0.25) is 0 Å². The summed E-state index contributed by atoms with van der Waals surface area (Å²) in [6.07, 6.45) is 0. The molecule has 0 aliphatic carbocycles. The molecule has 160 valence electrons. The number of urea groups is 1. The molecule has 0 saturated heterocycles. The highest BCUT2D eigenvalue weighted by Gasteiger charge is 2.46. The Kier molecular flexibility index (Phi) is 5.26. The maximum absolute atomic E-state index is 14.0. The molecule has 31 heavy (non-hydrogen) atoms. The molecule has 2 aliphatic rings. The monoisotopic (exact) mass is 444 g/mol. The van der Waals surface area contributed by atoms with Crippen LogP contribution in [-0.4, -0.2) is 41.6 Å². The zero-order valence-electron chi connectivity index (χ0n) is 16.5. The zero-order valence-corrected chi connectivity index (χ0v) is 17.3. The van der Waals surface area contributed by atoms with E-state index in [-0.39, 0.29) is 6.54 Å². The predicted octanol–water partition coefficient (Wildman–Crippen LogP) is 4.17. The molecular formula is C22H19ClF2N4O2. The number of anilines is 1. The van der Waals surface area contributed by atoms with E-state index < -0.39 is 30.4 Å². The van der Waals surface area contributed by atoms with Crippen molar-refractivity contribution < 1.29 is 18.4 Å². The Bertz CT molecular complexity index is 1120. The quantitative estimate of drug-likeness (QED) is 0.725. The van der Waals surface area contributed by atoms with Gasteiger partial charge < -0.3 is 16.0 Å². The van der Waals surface area contributed by atoms with Gasteiger partial charge in [-0.1, -0.05) is 35.9 Å². The van der Waals surface area contributed by atoms with Crippen molar-refractivity contribution in [1.82, 2.24) is 4.90 Å². The van der Waals surface area contributed by atoms with Crippen LogP contribution >= 0.6 is 11.6 Å². The van der Waals surface area contributed by atoms with Crippen LogP contribution in [0.3, 0.4) is 0 Å². The maximum atomic E-state index is 14.0. The number of benzene rings is 2.